The van der Waals surface area contributed by atoms with Crippen LogP contribution in [0.4, 0.5) is 0 Å². The Hall–Kier alpha value is -2.34. The average Bonchev–Trinajstić information content (AvgIpc) is 3.14. The summed E-state index contributed by atoms with van der Waals surface area (Å²) in [7, 11) is 0. The van der Waals surface area contributed by atoms with Gasteiger partial charge < -0.3 is 20.1 Å². The highest BCUT2D eigenvalue weighted by Gasteiger charge is 2.34. The van der Waals surface area contributed by atoms with E-state index in [9.17, 15) is 9.59 Å². The van der Waals surface area contributed by atoms with Crippen LogP contribution in [0.5, 0.6) is 0 Å². The van der Waals surface area contributed by atoms with Crippen LogP contribution in [0.25, 0.3) is 10.9 Å². The monoisotopic (exact) mass is 302 g/mol. The first-order chi connectivity index (χ1) is 10.6. The molecule has 0 radical (unpaired) electrons. The van der Waals surface area contributed by atoms with Crippen molar-refractivity contribution in [3.05, 3.63) is 36.0 Å². The predicted octanol–water partition coefficient (Wildman–Crippen LogP) is 1.46. The summed E-state index contributed by atoms with van der Waals surface area (Å²) in [6.07, 6.45) is 1.99. The molecule has 3 rings (SSSR count). The molecule has 116 valence electrons. The van der Waals surface area contributed by atoms with Gasteiger partial charge in [-0.2, -0.15) is 0 Å². The summed E-state index contributed by atoms with van der Waals surface area (Å²) in [5.41, 5.74) is 2.22. The first-order valence-corrected chi connectivity index (χ1v) is 7.36. The lowest BCUT2D eigenvalue weighted by Crippen LogP contribution is -2.36. The number of carbonyl (C=O) groups excluding carboxylic acids is 1. The highest BCUT2D eigenvalue weighted by atomic mass is 16.5. The Labute approximate surface area is 127 Å². The third-order valence-electron chi connectivity index (χ3n) is 3.96. The molecule has 0 spiro atoms. The highest BCUT2D eigenvalue weighted by Crippen LogP contribution is 2.20. The lowest BCUT2D eigenvalue weighted by molar-refractivity contribution is -0.151. The second kappa shape index (κ2) is 6.19. The minimum atomic E-state index is -1.01. The lowest BCUT2D eigenvalue weighted by Gasteiger charge is -2.11. The zero-order valence-electron chi connectivity index (χ0n) is 12.0. The Kier molecular flexibility index (Phi) is 4.11. The topological polar surface area (TPSA) is 91.4 Å². The van der Waals surface area contributed by atoms with Gasteiger partial charge in [0.15, 0.2) is 6.10 Å². The fourth-order valence-electron chi connectivity index (χ4n) is 2.78. The second-order valence-corrected chi connectivity index (χ2v) is 5.43. The number of amides is 1. The number of benzene rings is 1. The van der Waals surface area contributed by atoms with E-state index in [1.807, 2.05) is 30.5 Å². The van der Waals surface area contributed by atoms with E-state index < -0.39 is 18.2 Å². The van der Waals surface area contributed by atoms with Gasteiger partial charge in [-0.05, 0) is 30.9 Å². The number of ether oxygens (including phenoxy) is 1. The first-order valence-electron chi connectivity index (χ1n) is 7.36. The molecule has 0 bridgehead atoms. The van der Waals surface area contributed by atoms with Crippen molar-refractivity contribution >= 4 is 22.8 Å². The van der Waals surface area contributed by atoms with E-state index in [-0.39, 0.29) is 5.91 Å². The molecule has 1 saturated heterocycles. The first kappa shape index (κ1) is 14.6. The normalized spacial score (nSPS) is 21.1. The summed E-state index contributed by atoms with van der Waals surface area (Å²) in [4.78, 5) is 26.0. The minimum Gasteiger partial charge on any atom is -0.479 e. The Morgan fingerprint density at radius 2 is 2.05 bits per heavy atom. The van der Waals surface area contributed by atoms with Gasteiger partial charge in [-0.3, -0.25) is 4.79 Å². The number of aromatic nitrogens is 1. The molecule has 3 N–H and O–H groups in total. The number of rotatable bonds is 5. The average molecular weight is 302 g/mol. The molecular formula is C16H18N2O4. The molecule has 1 aromatic carbocycles. The van der Waals surface area contributed by atoms with Gasteiger partial charge in [0.25, 0.3) is 0 Å². The van der Waals surface area contributed by atoms with Gasteiger partial charge in [0.05, 0.1) is 0 Å². The molecule has 1 aliphatic rings. The van der Waals surface area contributed by atoms with Crippen LogP contribution in [0.3, 0.4) is 0 Å². The smallest absolute Gasteiger partial charge is 0.332 e. The molecule has 1 fully saturated rings. The Morgan fingerprint density at radius 3 is 2.82 bits per heavy atom. The van der Waals surface area contributed by atoms with Gasteiger partial charge in [0.2, 0.25) is 5.91 Å². The van der Waals surface area contributed by atoms with E-state index in [0.717, 1.165) is 16.5 Å². The van der Waals surface area contributed by atoms with Crippen molar-refractivity contribution in [1.29, 1.82) is 0 Å². The maximum atomic E-state index is 12.0. The van der Waals surface area contributed by atoms with Crippen LogP contribution < -0.4 is 5.32 Å². The molecule has 0 unspecified atom stereocenters. The van der Waals surface area contributed by atoms with E-state index in [4.69, 9.17) is 9.84 Å². The zero-order valence-corrected chi connectivity index (χ0v) is 12.0. The highest BCUT2D eigenvalue weighted by molar-refractivity contribution is 5.84. The fourth-order valence-corrected chi connectivity index (χ4v) is 2.78. The maximum Gasteiger partial charge on any atom is 0.332 e. The lowest BCUT2D eigenvalue weighted by atomic mass is 10.1. The molecule has 1 aromatic heterocycles. The van der Waals surface area contributed by atoms with Gasteiger partial charge >= 0.3 is 5.97 Å². The predicted molar refractivity (Wildman–Crippen MR) is 80.5 cm³/mol. The van der Waals surface area contributed by atoms with Gasteiger partial charge in [0.1, 0.15) is 6.10 Å². The van der Waals surface area contributed by atoms with Crippen molar-refractivity contribution < 1.29 is 19.4 Å². The molecule has 6 nitrogen and oxygen atoms in total. The molecule has 2 atom stereocenters. The van der Waals surface area contributed by atoms with Crippen LogP contribution in [0.1, 0.15) is 18.4 Å². The minimum absolute atomic E-state index is 0.233. The summed E-state index contributed by atoms with van der Waals surface area (Å²) in [6, 6.07) is 8.01. The third kappa shape index (κ3) is 2.96. The Bertz CT molecular complexity index is 694. The van der Waals surface area contributed by atoms with Gasteiger partial charge in [-0.25, -0.2) is 4.79 Å². The van der Waals surface area contributed by atoms with Crippen LogP contribution in [0.2, 0.25) is 0 Å². The largest absolute Gasteiger partial charge is 0.479 e. The standard InChI is InChI=1S/C16H18N2O4/c19-15(13-5-6-14(22-13)16(20)21)17-8-7-10-9-18-12-4-2-1-3-11(10)12/h1-4,9,13-14,18H,5-8H2,(H,17,19)(H,20,21)/t13-,14+/m0/s1. The van der Waals surface area contributed by atoms with Crippen LogP contribution in [0, 0.1) is 0 Å². The number of para-hydroxylation sites is 1. The summed E-state index contributed by atoms with van der Waals surface area (Å²) in [5, 5.41) is 12.8. The fraction of sp³-hybridized carbons (Fsp3) is 0.375. The van der Waals surface area contributed by atoms with Crippen molar-refractivity contribution in [2.75, 3.05) is 6.54 Å². The molecule has 1 aliphatic heterocycles. The third-order valence-corrected chi connectivity index (χ3v) is 3.96. The number of carbonyl (C=O) groups is 2. The number of hydrogen-bond acceptors (Lipinski definition) is 3. The number of fused-ring (bicyclic) bond motifs is 1. The number of aliphatic carboxylic acids is 1. The summed E-state index contributed by atoms with van der Waals surface area (Å²) in [5.74, 6) is -1.24. The van der Waals surface area contributed by atoms with Crippen LogP contribution >= 0.6 is 0 Å². The SMILES string of the molecule is O=C(NCCc1c[nH]c2ccccc12)[C@@H]1CC[C@H](C(=O)O)O1. The van der Waals surface area contributed by atoms with E-state index in [1.165, 1.54) is 0 Å². The summed E-state index contributed by atoms with van der Waals surface area (Å²) in [6.45, 7) is 0.498. The molecule has 6 heteroatoms. The number of carboxylic acid groups (broad SMARTS) is 1. The second-order valence-electron chi connectivity index (χ2n) is 5.43. The number of H-pyrrole nitrogens is 1. The van der Waals surface area contributed by atoms with Crippen molar-refractivity contribution in [2.24, 2.45) is 0 Å². The summed E-state index contributed by atoms with van der Waals surface area (Å²) < 4.78 is 5.22. The van der Waals surface area contributed by atoms with Crippen molar-refractivity contribution in [1.82, 2.24) is 10.3 Å². The number of carboxylic acids is 1. The van der Waals surface area contributed by atoms with Crippen molar-refractivity contribution in [3.8, 4) is 0 Å². The van der Waals surface area contributed by atoms with Crippen molar-refractivity contribution in [2.45, 2.75) is 31.5 Å². The molecule has 22 heavy (non-hydrogen) atoms. The van der Waals surface area contributed by atoms with Gasteiger partial charge in [-0.15, -0.1) is 0 Å². The number of nitrogens with one attached hydrogen (secondary N) is 2. The molecule has 0 saturated carbocycles. The summed E-state index contributed by atoms with van der Waals surface area (Å²) >= 11 is 0. The quantitative estimate of drug-likeness (QED) is 0.779. The van der Waals surface area contributed by atoms with Crippen LogP contribution in [-0.2, 0) is 20.7 Å². The molecule has 1 amide bonds. The Morgan fingerprint density at radius 1 is 1.27 bits per heavy atom. The van der Waals surface area contributed by atoms with E-state index in [0.29, 0.717) is 25.8 Å². The van der Waals surface area contributed by atoms with E-state index in [1.54, 1.807) is 0 Å². The van der Waals surface area contributed by atoms with Crippen LogP contribution in [0.15, 0.2) is 30.5 Å². The van der Waals surface area contributed by atoms with Crippen molar-refractivity contribution in [3.63, 3.8) is 0 Å². The van der Waals surface area contributed by atoms with E-state index >= 15 is 0 Å². The van der Waals surface area contributed by atoms with E-state index in [2.05, 4.69) is 10.3 Å². The van der Waals surface area contributed by atoms with Gasteiger partial charge in [-0.1, -0.05) is 18.2 Å². The molecule has 2 heterocycles. The Balaban J connectivity index is 1.51. The molecule has 2 aromatic rings. The van der Waals surface area contributed by atoms with Crippen LogP contribution in [-0.4, -0.2) is 40.7 Å². The zero-order chi connectivity index (χ0) is 15.5. The number of hydrogen-bond donors (Lipinski definition) is 3. The number of aromatic amines is 1. The van der Waals surface area contributed by atoms with Gasteiger partial charge in [0, 0.05) is 23.6 Å². The molecule has 0 aliphatic carbocycles. The maximum absolute atomic E-state index is 12.0. The molecular weight excluding hydrogens is 284 g/mol.